The summed E-state index contributed by atoms with van der Waals surface area (Å²) in [4.78, 5) is 12.3. The van der Waals surface area contributed by atoms with E-state index in [4.69, 9.17) is 5.26 Å². The first kappa shape index (κ1) is 22.3. The van der Waals surface area contributed by atoms with E-state index >= 15 is 0 Å². The minimum Gasteiger partial charge on any atom is -0.393 e. The third kappa shape index (κ3) is 3.28. The Hall–Kier alpha value is -0.880. The normalized spacial score (nSPS) is 48.9. The number of rotatable bonds is 5. The van der Waals surface area contributed by atoms with Gasteiger partial charge in [-0.15, -0.1) is 0 Å². The Morgan fingerprint density at radius 2 is 1.87 bits per heavy atom. The number of Topliss-reactive ketones (excluding diaryl/α,β-unsaturated/α-hetero) is 1. The van der Waals surface area contributed by atoms with Gasteiger partial charge >= 0.3 is 0 Å². The van der Waals surface area contributed by atoms with Gasteiger partial charge in [-0.2, -0.15) is 5.26 Å². The van der Waals surface area contributed by atoms with Gasteiger partial charge in [0.1, 0.15) is 5.78 Å². The fourth-order valence-corrected chi connectivity index (χ4v) is 9.44. The first-order valence-electron chi connectivity index (χ1n) is 12.8. The zero-order valence-electron chi connectivity index (χ0n) is 19.7. The average Bonchev–Trinajstić information content (AvgIpc) is 3.07. The summed E-state index contributed by atoms with van der Waals surface area (Å²) in [7, 11) is 0. The van der Waals surface area contributed by atoms with Gasteiger partial charge < -0.3 is 5.11 Å². The van der Waals surface area contributed by atoms with Crippen LogP contribution in [0.4, 0.5) is 0 Å². The lowest BCUT2D eigenvalue weighted by atomic mass is 9.41. The Morgan fingerprint density at radius 3 is 2.57 bits per heavy atom. The molecule has 4 aliphatic rings. The van der Waals surface area contributed by atoms with Crippen LogP contribution in [0.2, 0.25) is 0 Å². The third-order valence-corrected chi connectivity index (χ3v) is 10.9. The molecule has 0 aliphatic heterocycles. The summed E-state index contributed by atoms with van der Waals surface area (Å²) < 4.78 is 0. The van der Waals surface area contributed by atoms with E-state index in [1.807, 2.05) is 0 Å². The molecule has 0 amide bonds. The van der Waals surface area contributed by atoms with Crippen LogP contribution in [0.3, 0.4) is 0 Å². The smallest absolute Gasteiger partial charge is 0.133 e. The SMILES string of the molecule is CC[C@@H]1[C@@H](O)[C@@H]2[C@H](CC[C@]3(C)[C@@H](C(C)CCCC#N)CC[C@@H]23)[C@@]2(C)CCC(=O)C[C@@H]12. The van der Waals surface area contributed by atoms with Crippen molar-refractivity contribution in [1.29, 1.82) is 5.26 Å². The second-order valence-electron chi connectivity index (χ2n) is 12.0. The van der Waals surface area contributed by atoms with Crippen LogP contribution in [0.25, 0.3) is 0 Å². The number of aliphatic hydroxyl groups is 1. The minimum absolute atomic E-state index is 0.232. The molecular formula is C27H43NO2. The number of nitriles is 1. The fraction of sp³-hybridized carbons (Fsp3) is 0.926. The Bertz CT molecular complexity index is 697. The number of fused-ring (bicyclic) bond motifs is 5. The topological polar surface area (TPSA) is 61.1 Å². The molecule has 1 N–H and O–H groups in total. The van der Waals surface area contributed by atoms with Gasteiger partial charge in [0, 0.05) is 19.3 Å². The van der Waals surface area contributed by atoms with Gasteiger partial charge in [0.05, 0.1) is 12.2 Å². The van der Waals surface area contributed by atoms with Crippen molar-refractivity contribution < 1.29 is 9.90 Å². The Morgan fingerprint density at radius 1 is 1.13 bits per heavy atom. The van der Waals surface area contributed by atoms with E-state index in [-0.39, 0.29) is 17.4 Å². The molecule has 30 heavy (non-hydrogen) atoms. The van der Waals surface area contributed by atoms with Gasteiger partial charge in [-0.1, -0.05) is 34.1 Å². The van der Waals surface area contributed by atoms with Gasteiger partial charge in [0.15, 0.2) is 0 Å². The van der Waals surface area contributed by atoms with Crippen molar-refractivity contribution in [3.8, 4) is 6.07 Å². The van der Waals surface area contributed by atoms with Crippen molar-refractivity contribution in [2.45, 2.75) is 104 Å². The molecule has 0 saturated heterocycles. The fourth-order valence-electron chi connectivity index (χ4n) is 9.44. The number of hydrogen-bond acceptors (Lipinski definition) is 3. The van der Waals surface area contributed by atoms with E-state index in [0.29, 0.717) is 53.6 Å². The number of ketones is 1. The lowest BCUT2D eigenvalue weighted by Gasteiger charge is -2.64. The summed E-state index contributed by atoms with van der Waals surface area (Å²) in [5.41, 5.74) is 0.566. The summed E-state index contributed by atoms with van der Waals surface area (Å²) in [6, 6.07) is 2.31. The molecular weight excluding hydrogens is 370 g/mol. The Balaban J connectivity index is 1.61. The summed E-state index contributed by atoms with van der Waals surface area (Å²) in [6.45, 7) is 9.66. The highest BCUT2D eigenvalue weighted by molar-refractivity contribution is 5.79. The van der Waals surface area contributed by atoms with Crippen molar-refractivity contribution in [3.05, 3.63) is 0 Å². The van der Waals surface area contributed by atoms with Crippen molar-refractivity contribution >= 4 is 5.78 Å². The molecule has 0 spiro atoms. The molecule has 0 bridgehead atoms. The van der Waals surface area contributed by atoms with Crippen LogP contribution in [0.1, 0.15) is 98.3 Å². The van der Waals surface area contributed by atoms with E-state index in [0.717, 1.165) is 38.0 Å². The molecule has 0 heterocycles. The molecule has 3 nitrogen and oxygen atoms in total. The van der Waals surface area contributed by atoms with Gasteiger partial charge in [-0.3, -0.25) is 4.79 Å². The monoisotopic (exact) mass is 413 g/mol. The van der Waals surface area contributed by atoms with Crippen molar-refractivity contribution in [2.75, 3.05) is 0 Å². The highest BCUT2D eigenvalue weighted by Crippen LogP contribution is 2.69. The van der Waals surface area contributed by atoms with E-state index in [9.17, 15) is 9.90 Å². The van der Waals surface area contributed by atoms with Crippen LogP contribution in [-0.2, 0) is 4.79 Å². The lowest BCUT2D eigenvalue weighted by Crippen LogP contribution is -2.61. The number of aliphatic hydroxyl groups excluding tert-OH is 1. The molecule has 4 saturated carbocycles. The summed E-state index contributed by atoms with van der Waals surface area (Å²) in [5, 5.41) is 20.6. The predicted octanol–water partition coefficient (Wildman–Crippen LogP) is 6.15. The molecule has 3 heteroatoms. The van der Waals surface area contributed by atoms with E-state index in [2.05, 4.69) is 33.8 Å². The van der Waals surface area contributed by atoms with E-state index < -0.39 is 0 Å². The van der Waals surface area contributed by atoms with E-state index in [1.54, 1.807) is 0 Å². The highest BCUT2D eigenvalue weighted by Gasteiger charge is 2.64. The quantitative estimate of drug-likeness (QED) is 0.550. The van der Waals surface area contributed by atoms with Gasteiger partial charge in [0.25, 0.3) is 0 Å². The standard InChI is InChI=1S/C27H43NO2/c1-5-19-23-16-18(29)11-13-27(23,4)22-12-14-26(3)20(17(2)8-6-7-15-28)9-10-21(26)24(22)25(19)30/h17,19-25,30H,5-14,16H2,1-4H3/t17?,19-,20+,21-,22-,23-,24-,25+,26+,27+/m0/s1. The maximum Gasteiger partial charge on any atom is 0.133 e. The predicted molar refractivity (Wildman–Crippen MR) is 119 cm³/mol. The molecule has 4 fully saturated rings. The van der Waals surface area contributed by atoms with Gasteiger partial charge in [-0.25, -0.2) is 0 Å². The minimum atomic E-state index is -0.235. The molecule has 0 radical (unpaired) electrons. The number of unbranched alkanes of at least 4 members (excludes halogenated alkanes) is 1. The third-order valence-electron chi connectivity index (χ3n) is 10.9. The van der Waals surface area contributed by atoms with Crippen LogP contribution < -0.4 is 0 Å². The van der Waals surface area contributed by atoms with Gasteiger partial charge in [0.2, 0.25) is 0 Å². The molecule has 0 aromatic carbocycles. The first-order chi connectivity index (χ1) is 14.3. The van der Waals surface area contributed by atoms with Crippen molar-refractivity contribution in [1.82, 2.24) is 0 Å². The second-order valence-corrected chi connectivity index (χ2v) is 12.0. The first-order valence-corrected chi connectivity index (χ1v) is 12.8. The molecule has 0 aromatic rings. The van der Waals surface area contributed by atoms with Crippen LogP contribution >= 0.6 is 0 Å². The lowest BCUT2D eigenvalue weighted by molar-refractivity contribution is -0.194. The molecule has 4 rings (SSSR count). The zero-order valence-corrected chi connectivity index (χ0v) is 19.7. The van der Waals surface area contributed by atoms with Crippen molar-refractivity contribution in [2.24, 2.45) is 52.3 Å². The van der Waals surface area contributed by atoms with Crippen molar-refractivity contribution in [3.63, 3.8) is 0 Å². The molecule has 1 unspecified atom stereocenters. The van der Waals surface area contributed by atoms with Crippen LogP contribution in [-0.4, -0.2) is 17.0 Å². The van der Waals surface area contributed by atoms with E-state index in [1.165, 1.54) is 25.7 Å². The maximum absolute atomic E-state index is 12.3. The molecule has 168 valence electrons. The maximum atomic E-state index is 12.3. The number of carbonyl (C=O) groups excluding carboxylic acids is 1. The Labute approximate surface area is 184 Å². The number of hydrogen-bond donors (Lipinski definition) is 1. The molecule has 4 aliphatic carbocycles. The summed E-state index contributed by atoms with van der Waals surface area (Å²) in [6.07, 6.45) is 11.2. The van der Waals surface area contributed by atoms with Crippen LogP contribution in [0, 0.1) is 63.6 Å². The van der Waals surface area contributed by atoms with Gasteiger partial charge in [-0.05, 0) is 97.2 Å². The summed E-state index contributed by atoms with van der Waals surface area (Å²) >= 11 is 0. The average molecular weight is 414 g/mol. The Kier molecular flexibility index (Phi) is 6.13. The zero-order chi connectivity index (χ0) is 21.7. The molecule has 0 aromatic heterocycles. The second kappa shape index (κ2) is 8.23. The number of carbonyl (C=O) groups is 1. The number of nitrogens with zero attached hydrogens (tertiary/aromatic N) is 1. The largest absolute Gasteiger partial charge is 0.393 e. The summed E-state index contributed by atoms with van der Waals surface area (Å²) in [5.74, 6) is 4.12. The van der Waals surface area contributed by atoms with Crippen LogP contribution in [0.15, 0.2) is 0 Å². The highest BCUT2D eigenvalue weighted by atomic mass is 16.3. The molecule has 10 atom stereocenters. The van der Waals surface area contributed by atoms with Crippen LogP contribution in [0.5, 0.6) is 0 Å².